The van der Waals surface area contributed by atoms with Crippen LogP contribution in [-0.4, -0.2) is 46.6 Å². The van der Waals surface area contributed by atoms with Gasteiger partial charge < -0.3 is 20.7 Å². The predicted molar refractivity (Wildman–Crippen MR) is 91.6 cm³/mol. The summed E-state index contributed by atoms with van der Waals surface area (Å²) in [6.07, 6.45) is 0.648. The van der Waals surface area contributed by atoms with Crippen LogP contribution in [0.25, 0.3) is 10.9 Å². The van der Waals surface area contributed by atoms with Crippen molar-refractivity contribution in [3.63, 3.8) is 0 Å². The van der Waals surface area contributed by atoms with Gasteiger partial charge in [0.2, 0.25) is 0 Å². The Morgan fingerprint density at radius 1 is 1.35 bits per heavy atom. The van der Waals surface area contributed by atoms with Gasteiger partial charge >= 0.3 is 0 Å². The molecule has 4 N–H and O–H groups in total. The van der Waals surface area contributed by atoms with Crippen LogP contribution in [0.4, 0.5) is 0 Å². The molecule has 1 aliphatic heterocycles. The molecular weight excluding hydrogens is 290 g/mol. The van der Waals surface area contributed by atoms with E-state index in [2.05, 4.69) is 31.0 Å². The standard InChI is InChI=1S/C18H25N3O2/c1-10-6-11(2)16-14(7-10)12(3)17(20-16)18(23)21-8-13(4-5-22)15(19)9-21/h6-7,13,15,20,22H,4-5,8-9,19H2,1-3H3/t13-,15-/m1/s1. The minimum Gasteiger partial charge on any atom is -0.396 e. The molecule has 5 nitrogen and oxygen atoms in total. The van der Waals surface area contributed by atoms with E-state index in [1.54, 1.807) is 0 Å². The number of nitrogens with one attached hydrogen (secondary N) is 1. The average Bonchev–Trinajstić information content (AvgIpc) is 3.01. The molecule has 0 bridgehead atoms. The number of aromatic amines is 1. The summed E-state index contributed by atoms with van der Waals surface area (Å²) >= 11 is 0. The molecule has 2 atom stereocenters. The van der Waals surface area contributed by atoms with Crippen LogP contribution in [0, 0.1) is 26.7 Å². The van der Waals surface area contributed by atoms with Crippen molar-refractivity contribution in [2.75, 3.05) is 19.7 Å². The van der Waals surface area contributed by atoms with Gasteiger partial charge in [0.15, 0.2) is 0 Å². The fraction of sp³-hybridized carbons (Fsp3) is 0.500. The van der Waals surface area contributed by atoms with E-state index in [9.17, 15) is 4.79 Å². The number of nitrogens with two attached hydrogens (primary N) is 1. The predicted octanol–water partition coefficient (Wildman–Crippen LogP) is 1.87. The average molecular weight is 315 g/mol. The number of hydrogen-bond donors (Lipinski definition) is 3. The molecule has 1 aliphatic rings. The molecule has 1 fully saturated rings. The Kier molecular flexibility index (Phi) is 4.17. The van der Waals surface area contributed by atoms with Crippen molar-refractivity contribution in [3.05, 3.63) is 34.5 Å². The molecule has 1 aromatic carbocycles. The number of aromatic nitrogens is 1. The largest absolute Gasteiger partial charge is 0.396 e. The van der Waals surface area contributed by atoms with Crippen LogP contribution in [0.1, 0.15) is 33.6 Å². The second-order valence-electron chi connectivity index (χ2n) is 6.78. The van der Waals surface area contributed by atoms with Crippen molar-refractivity contribution in [2.24, 2.45) is 11.7 Å². The second-order valence-corrected chi connectivity index (χ2v) is 6.78. The molecule has 0 saturated carbocycles. The zero-order valence-electron chi connectivity index (χ0n) is 14.0. The van der Waals surface area contributed by atoms with E-state index in [0.29, 0.717) is 25.2 Å². The zero-order chi connectivity index (χ0) is 16.7. The van der Waals surface area contributed by atoms with Crippen molar-refractivity contribution in [3.8, 4) is 0 Å². The molecule has 0 unspecified atom stereocenters. The van der Waals surface area contributed by atoms with Crippen LogP contribution < -0.4 is 5.73 Å². The van der Waals surface area contributed by atoms with Gasteiger partial charge in [0.05, 0.1) is 0 Å². The fourth-order valence-corrected chi connectivity index (χ4v) is 3.69. The minimum atomic E-state index is -0.0558. The Hall–Kier alpha value is -1.85. The van der Waals surface area contributed by atoms with Gasteiger partial charge in [-0.1, -0.05) is 11.6 Å². The first-order valence-corrected chi connectivity index (χ1v) is 8.17. The summed E-state index contributed by atoms with van der Waals surface area (Å²) < 4.78 is 0. The molecular formula is C18H25N3O2. The Bertz CT molecular complexity index is 750. The molecule has 0 aliphatic carbocycles. The number of likely N-dealkylation sites (tertiary alicyclic amines) is 1. The summed E-state index contributed by atoms with van der Waals surface area (Å²) in [5, 5.41) is 10.2. The highest BCUT2D eigenvalue weighted by atomic mass is 16.3. The van der Waals surface area contributed by atoms with Crippen LogP contribution in [0.2, 0.25) is 0 Å². The number of nitrogens with zero attached hydrogens (tertiary/aromatic N) is 1. The zero-order valence-corrected chi connectivity index (χ0v) is 14.0. The number of aryl methyl sites for hydroxylation is 3. The molecule has 1 amide bonds. The summed E-state index contributed by atoms with van der Waals surface area (Å²) in [6.45, 7) is 7.40. The van der Waals surface area contributed by atoms with Crippen molar-refractivity contribution in [1.82, 2.24) is 9.88 Å². The Morgan fingerprint density at radius 3 is 2.78 bits per heavy atom. The number of aliphatic hydroxyl groups excluding tert-OH is 1. The molecule has 1 saturated heterocycles. The van der Waals surface area contributed by atoms with E-state index in [4.69, 9.17) is 10.8 Å². The first kappa shape index (κ1) is 16.0. The van der Waals surface area contributed by atoms with Gasteiger partial charge in [-0.15, -0.1) is 0 Å². The van der Waals surface area contributed by atoms with Gasteiger partial charge in [0, 0.05) is 36.6 Å². The van der Waals surface area contributed by atoms with E-state index >= 15 is 0 Å². The third-order valence-electron chi connectivity index (χ3n) is 5.00. The number of amides is 1. The Morgan fingerprint density at radius 2 is 2.09 bits per heavy atom. The molecule has 2 heterocycles. The normalized spacial score (nSPS) is 21.3. The van der Waals surface area contributed by atoms with Crippen LogP contribution in [0.3, 0.4) is 0 Å². The number of benzene rings is 1. The summed E-state index contributed by atoms with van der Waals surface area (Å²) in [5.41, 5.74) is 11.1. The van der Waals surface area contributed by atoms with Gasteiger partial charge in [-0.3, -0.25) is 4.79 Å². The Labute approximate surface area is 136 Å². The fourth-order valence-electron chi connectivity index (χ4n) is 3.69. The number of rotatable bonds is 3. The molecule has 3 rings (SSSR count). The number of fused-ring (bicyclic) bond motifs is 1. The number of hydrogen-bond acceptors (Lipinski definition) is 3. The molecule has 2 aromatic rings. The van der Waals surface area contributed by atoms with E-state index < -0.39 is 0 Å². The lowest BCUT2D eigenvalue weighted by Crippen LogP contribution is -2.32. The molecule has 0 radical (unpaired) electrons. The van der Waals surface area contributed by atoms with E-state index in [-0.39, 0.29) is 24.5 Å². The van der Waals surface area contributed by atoms with Crippen molar-refractivity contribution < 1.29 is 9.90 Å². The Balaban J connectivity index is 1.93. The highest BCUT2D eigenvalue weighted by Crippen LogP contribution is 2.28. The third kappa shape index (κ3) is 2.75. The molecule has 124 valence electrons. The van der Waals surface area contributed by atoms with Crippen molar-refractivity contribution in [1.29, 1.82) is 0 Å². The number of carbonyl (C=O) groups is 1. The van der Waals surface area contributed by atoms with Gasteiger partial charge in [-0.05, 0) is 50.3 Å². The summed E-state index contributed by atoms with van der Waals surface area (Å²) in [6, 6.07) is 4.19. The smallest absolute Gasteiger partial charge is 0.270 e. The van der Waals surface area contributed by atoms with Gasteiger partial charge in [0.1, 0.15) is 5.69 Å². The van der Waals surface area contributed by atoms with E-state index in [1.807, 2.05) is 11.8 Å². The second kappa shape index (κ2) is 5.98. The molecule has 23 heavy (non-hydrogen) atoms. The number of H-pyrrole nitrogens is 1. The van der Waals surface area contributed by atoms with Gasteiger partial charge in [0.25, 0.3) is 5.91 Å². The van der Waals surface area contributed by atoms with Gasteiger partial charge in [-0.25, -0.2) is 0 Å². The minimum absolute atomic E-state index is 0.00615. The lowest BCUT2D eigenvalue weighted by atomic mass is 10.0. The maximum atomic E-state index is 12.9. The summed E-state index contributed by atoms with van der Waals surface area (Å²) in [4.78, 5) is 18.0. The highest BCUT2D eigenvalue weighted by Gasteiger charge is 2.34. The number of carbonyl (C=O) groups excluding carboxylic acids is 1. The SMILES string of the molecule is Cc1cc(C)c2[nH]c(C(=O)N3C[C@@H](CCO)[C@H](N)C3)c(C)c2c1. The molecule has 1 aromatic heterocycles. The van der Waals surface area contributed by atoms with Crippen LogP contribution >= 0.6 is 0 Å². The maximum absolute atomic E-state index is 12.9. The lowest BCUT2D eigenvalue weighted by molar-refractivity contribution is 0.0778. The highest BCUT2D eigenvalue weighted by molar-refractivity contribution is 6.01. The topological polar surface area (TPSA) is 82.3 Å². The van der Waals surface area contributed by atoms with E-state index in [0.717, 1.165) is 22.0 Å². The summed E-state index contributed by atoms with van der Waals surface area (Å²) in [7, 11) is 0. The molecule has 0 spiro atoms. The van der Waals surface area contributed by atoms with Crippen LogP contribution in [0.5, 0.6) is 0 Å². The summed E-state index contributed by atoms with van der Waals surface area (Å²) in [5.74, 6) is 0.184. The van der Waals surface area contributed by atoms with Gasteiger partial charge in [-0.2, -0.15) is 0 Å². The third-order valence-corrected chi connectivity index (χ3v) is 5.00. The first-order valence-electron chi connectivity index (χ1n) is 8.17. The maximum Gasteiger partial charge on any atom is 0.270 e. The van der Waals surface area contributed by atoms with Crippen molar-refractivity contribution in [2.45, 2.75) is 33.2 Å². The lowest BCUT2D eigenvalue weighted by Gasteiger charge is -2.15. The van der Waals surface area contributed by atoms with Crippen LogP contribution in [-0.2, 0) is 0 Å². The number of aliphatic hydroxyl groups is 1. The first-order chi connectivity index (χ1) is 10.9. The van der Waals surface area contributed by atoms with Crippen molar-refractivity contribution >= 4 is 16.8 Å². The van der Waals surface area contributed by atoms with Crippen LogP contribution in [0.15, 0.2) is 12.1 Å². The quantitative estimate of drug-likeness (QED) is 0.809. The molecule has 5 heteroatoms. The monoisotopic (exact) mass is 315 g/mol. The van der Waals surface area contributed by atoms with E-state index in [1.165, 1.54) is 5.56 Å².